The molecule has 2 fully saturated rings. The lowest BCUT2D eigenvalue weighted by atomic mass is 10.1. The van der Waals surface area contributed by atoms with Gasteiger partial charge in [-0.3, -0.25) is 4.98 Å². The molecule has 1 saturated heterocycles. The molecule has 2 heterocycles. The van der Waals surface area contributed by atoms with Gasteiger partial charge < -0.3 is 15.2 Å². The van der Waals surface area contributed by atoms with E-state index >= 15 is 0 Å². The molecular formula is C15H22N2O2. The molecule has 1 aromatic heterocycles. The van der Waals surface area contributed by atoms with Crippen LogP contribution in [-0.2, 0) is 0 Å². The van der Waals surface area contributed by atoms with E-state index in [9.17, 15) is 0 Å². The number of aliphatic hydroxyl groups is 1. The molecule has 4 nitrogen and oxygen atoms in total. The third kappa shape index (κ3) is 3.25. The topological polar surface area (TPSA) is 54.4 Å². The minimum Gasteiger partial charge on any atom is -0.490 e. The van der Waals surface area contributed by atoms with E-state index in [0.717, 1.165) is 37.7 Å². The van der Waals surface area contributed by atoms with Gasteiger partial charge in [0.15, 0.2) is 0 Å². The van der Waals surface area contributed by atoms with Crippen molar-refractivity contribution in [2.24, 2.45) is 5.92 Å². The van der Waals surface area contributed by atoms with E-state index in [1.807, 2.05) is 6.20 Å². The van der Waals surface area contributed by atoms with Gasteiger partial charge in [0.25, 0.3) is 0 Å². The molecule has 0 radical (unpaired) electrons. The maximum Gasteiger partial charge on any atom is 0.137 e. The fourth-order valence-electron chi connectivity index (χ4n) is 2.73. The molecule has 1 saturated carbocycles. The van der Waals surface area contributed by atoms with Crippen molar-refractivity contribution in [2.45, 2.75) is 37.6 Å². The Morgan fingerprint density at radius 1 is 1.42 bits per heavy atom. The fourth-order valence-corrected chi connectivity index (χ4v) is 2.73. The van der Waals surface area contributed by atoms with Gasteiger partial charge in [0.1, 0.15) is 12.4 Å². The van der Waals surface area contributed by atoms with E-state index in [0.29, 0.717) is 18.6 Å². The molecule has 0 aromatic carbocycles. The SMILES string of the molecule is OCCC[C@H]1C[C@@H]1c1cncc(OC[C@@H]2CCN2)c1. The van der Waals surface area contributed by atoms with Crippen LogP contribution in [0, 0.1) is 5.92 Å². The van der Waals surface area contributed by atoms with Gasteiger partial charge in [-0.1, -0.05) is 0 Å². The molecule has 3 atom stereocenters. The lowest BCUT2D eigenvalue weighted by molar-refractivity contribution is 0.216. The second-order valence-electron chi connectivity index (χ2n) is 5.67. The van der Waals surface area contributed by atoms with Crippen LogP contribution in [0.4, 0.5) is 0 Å². The van der Waals surface area contributed by atoms with Gasteiger partial charge in [-0.2, -0.15) is 0 Å². The average Bonchev–Trinajstić information content (AvgIpc) is 3.14. The summed E-state index contributed by atoms with van der Waals surface area (Å²) in [5, 5.41) is 12.2. The van der Waals surface area contributed by atoms with Crippen molar-refractivity contribution < 1.29 is 9.84 Å². The zero-order valence-corrected chi connectivity index (χ0v) is 11.2. The first kappa shape index (κ1) is 12.9. The number of nitrogens with zero attached hydrogens (tertiary/aromatic N) is 1. The number of nitrogens with one attached hydrogen (secondary N) is 1. The highest BCUT2D eigenvalue weighted by molar-refractivity contribution is 5.30. The van der Waals surface area contributed by atoms with Gasteiger partial charge in [-0.05, 0) is 55.7 Å². The Morgan fingerprint density at radius 3 is 3.05 bits per heavy atom. The maximum absolute atomic E-state index is 8.86. The van der Waals surface area contributed by atoms with Gasteiger partial charge in [0.05, 0.1) is 6.20 Å². The lowest BCUT2D eigenvalue weighted by Crippen LogP contribution is -2.46. The van der Waals surface area contributed by atoms with E-state index < -0.39 is 0 Å². The Balaban J connectivity index is 1.51. The molecule has 1 aliphatic carbocycles. The predicted molar refractivity (Wildman–Crippen MR) is 73.3 cm³/mol. The standard InChI is InChI=1S/C15H22N2O2/c18-5-1-2-11-7-15(11)12-6-14(9-16-8-12)19-10-13-3-4-17-13/h6,8-9,11,13,15,17-18H,1-5,7,10H2/t11-,13-,15-/m0/s1. The molecule has 104 valence electrons. The van der Waals surface area contributed by atoms with Gasteiger partial charge >= 0.3 is 0 Å². The summed E-state index contributed by atoms with van der Waals surface area (Å²) in [5.74, 6) is 2.25. The maximum atomic E-state index is 8.86. The third-order valence-electron chi connectivity index (χ3n) is 4.20. The van der Waals surface area contributed by atoms with Crippen LogP contribution in [-0.4, -0.2) is 35.9 Å². The number of ether oxygens (including phenoxy) is 1. The number of aromatic nitrogens is 1. The van der Waals surface area contributed by atoms with Crippen molar-refractivity contribution in [1.29, 1.82) is 0 Å². The Hall–Kier alpha value is -1.13. The van der Waals surface area contributed by atoms with Crippen LogP contribution in [0.2, 0.25) is 0 Å². The monoisotopic (exact) mass is 262 g/mol. The molecule has 19 heavy (non-hydrogen) atoms. The number of pyridine rings is 1. The number of hydrogen-bond donors (Lipinski definition) is 2. The normalized spacial score (nSPS) is 28.8. The molecule has 1 aliphatic heterocycles. The molecule has 0 amide bonds. The number of rotatable bonds is 7. The van der Waals surface area contributed by atoms with Crippen molar-refractivity contribution in [3.8, 4) is 5.75 Å². The van der Waals surface area contributed by atoms with Crippen molar-refractivity contribution in [3.05, 3.63) is 24.0 Å². The Bertz CT molecular complexity index is 420. The molecule has 2 aliphatic rings. The van der Waals surface area contributed by atoms with Gasteiger partial charge in [-0.15, -0.1) is 0 Å². The van der Waals surface area contributed by atoms with Crippen molar-refractivity contribution >= 4 is 0 Å². The van der Waals surface area contributed by atoms with E-state index in [1.165, 1.54) is 18.4 Å². The van der Waals surface area contributed by atoms with Crippen LogP contribution in [0.5, 0.6) is 5.75 Å². The smallest absolute Gasteiger partial charge is 0.137 e. The van der Waals surface area contributed by atoms with E-state index in [-0.39, 0.29) is 0 Å². The molecule has 0 spiro atoms. The number of aliphatic hydroxyl groups excluding tert-OH is 1. The second-order valence-corrected chi connectivity index (χ2v) is 5.67. The second kappa shape index (κ2) is 5.88. The average molecular weight is 262 g/mol. The van der Waals surface area contributed by atoms with Gasteiger partial charge in [0.2, 0.25) is 0 Å². The first-order valence-electron chi connectivity index (χ1n) is 7.29. The summed E-state index contributed by atoms with van der Waals surface area (Å²) < 4.78 is 5.78. The van der Waals surface area contributed by atoms with E-state index in [4.69, 9.17) is 9.84 Å². The summed E-state index contributed by atoms with van der Waals surface area (Å²) in [5.41, 5.74) is 1.29. The van der Waals surface area contributed by atoms with E-state index in [1.54, 1.807) is 6.20 Å². The fraction of sp³-hybridized carbons (Fsp3) is 0.667. The molecule has 1 aromatic rings. The van der Waals surface area contributed by atoms with Crippen molar-refractivity contribution in [2.75, 3.05) is 19.8 Å². The summed E-state index contributed by atoms with van der Waals surface area (Å²) in [6.07, 6.45) is 8.23. The lowest BCUT2D eigenvalue weighted by Gasteiger charge is -2.27. The minimum atomic E-state index is 0.305. The summed E-state index contributed by atoms with van der Waals surface area (Å²) in [6, 6.07) is 2.65. The Morgan fingerprint density at radius 2 is 2.32 bits per heavy atom. The van der Waals surface area contributed by atoms with Crippen LogP contribution < -0.4 is 10.1 Å². The zero-order chi connectivity index (χ0) is 13.1. The quantitative estimate of drug-likeness (QED) is 0.785. The highest BCUT2D eigenvalue weighted by Gasteiger charge is 2.37. The zero-order valence-electron chi connectivity index (χ0n) is 11.2. The van der Waals surface area contributed by atoms with Gasteiger partial charge in [0, 0.05) is 18.8 Å². The summed E-state index contributed by atoms with van der Waals surface area (Å²) in [7, 11) is 0. The van der Waals surface area contributed by atoms with Crippen LogP contribution in [0.3, 0.4) is 0 Å². The highest BCUT2D eigenvalue weighted by atomic mass is 16.5. The van der Waals surface area contributed by atoms with Crippen LogP contribution in [0.15, 0.2) is 18.5 Å². The summed E-state index contributed by atoms with van der Waals surface area (Å²) in [6.45, 7) is 2.16. The van der Waals surface area contributed by atoms with Crippen molar-refractivity contribution in [1.82, 2.24) is 10.3 Å². The first-order valence-corrected chi connectivity index (χ1v) is 7.29. The summed E-state index contributed by atoms with van der Waals surface area (Å²) in [4.78, 5) is 4.29. The molecular weight excluding hydrogens is 240 g/mol. The van der Waals surface area contributed by atoms with Crippen LogP contribution >= 0.6 is 0 Å². The molecule has 0 bridgehead atoms. The molecule has 3 rings (SSSR count). The number of hydrogen-bond acceptors (Lipinski definition) is 4. The molecule has 2 N–H and O–H groups in total. The Labute approximate surface area is 114 Å². The van der Waals surface area contributed by atoms with Gasteiger partial charge in [-0.25, -0.2) is 0 Å². The van der Waals surface area contributed by atoms with Crippen LogP contribution in [0.25, 0.3) is 0 Å². The largest absolute Gasteiger partial charge is 0.490 e. The summed E-state index contributed by atoms with van der Waals surface area (Å²) >= 11 is 0. The molecule has 0 unspecified atom stereocenters. The molecule has 4 heteroatoms. The Kier molecular flexibility index (Phi) is 3.99. The predicted octanol–water partition coefficient (Wildman–Crippen LogP) is 1.70. The first-order chi connectivity index (χ1) is 9.36. The third-order valence-corrected chi connectivity index (χ3v) is 4.20. The van der Waals surface area contributed by atoms with Crippen molar-refractivity contribution in [3.63, 3.8) is 0 Å². The highest BCUT2D eigenvalue weighted by Crippen LogP contribution is 2.50. The minimum absolute atomic E-state index is 0.305. The van der Waals surface area contributed by atoms with E-state index in [2.05, 4.69) is 16.4 Å². The van der Waals surface area contributed by atoms with Crippen LogP contribution in [0.1, 0.15) is 37.2 Å².